The van der Waals surface area contributed by atoms with E-state index in [4.69, 9.17) is 0 Å². The predicted octanol–water partition coefficient (Wildman–Crippen LogP) is 1.51. The summed E-state index contributed by atoms with van der Waals surface area (Å²) in [5.41, 5.74) is 0.762. The summed E-state index contributed by atoms with van der Waals surface area (Å²) in [6, 6.07) is 3.67. The van der Waals surface area contributed by atoms with Crippen LogP contribution >= 0.6 is 0 Å². The molecule has 0 saturated heterocycles. The van der Waals surface area contributed by atoms with Crippen LogP contribution < -0.4 is 5.32 Å². The quantitative estimate of drug-likeness (QED) is 0.920. The molecule has 2 heterocycles. The molecular weight excluding hydrogens is 268 g/mol. The van der Waals surface area contributed by atoms with Crippen LogP contribution in [-0.2, 0) is 11.3 Å². The van der Waals surface area contributed by atoms with E-state index in [1.54, 1.807) is 23.4 Å². The molecule has 0 radical (unpaired) electrons. The van der Waals surface area contributed by atoms with Crippen molar-refractivity contribution >= 4 is 11.6 Å². The molecule has 0 aromatic carbocycles. The standard InChI is InChI=1S/C14H18N6O/c21-14(17-13-2-1-7-15-8-13)12-5-3-11(4-6-12)9-20-10-16-18-19-20/h1-2,7-8,10-12H,3-6,9H2,(H,17,21). The lowest BCUT2D eigenvalue weighted by atomic mass is 9.81. The third-order valence-electron chi connectivity index (χ3n) is 3.98. The van der Waals surface area contributed by atoms with Gasteiger partial charge < -0.3 is 5.32 Å². The van der Waals surface area contributed by atoms with Crippen molar-refractivity contribution in [2.45, 2.75) is 32.2 Å². The highest BCUT2D eigenvalue weighted by atomic mass is 16.1. The second-order valence-corrected chi connectivity index (χ2v) is 5.48. The molecule has 1 aliphatic carbocycles. The molecule has 0 unspecified atom stereocenters. The predicted molar refractivity (Wildman–Crippen MR) is 76.1 cm³/mol. The van der Waals surface area contributed by atoms with E-state index in [9.17, 15) is 4.79 Å². The Labute approximate surface area is 122 Å². The fourth-order valence-corrected chi connectivity index (χ4v) is 2.82. The normalized spacial score (nSPS) is 21.9. The summed E-state index contributed by atoms with van der Waals surface area (Å²) >= 11 is 0. The number of anilines is 1. The van der Waals surface area contributed by atoms with Crippen LogP contribution in [0.1, 0.15) is 25.7 Å². The summed E-state index contributed by atoms with van der Waals surface area (Å²) in [6.45, 7) is 0.837. The molecule has 0 bridgehead atoms. The molecule has 2 aromatic rings. The Morgan fingerprint density at radius 3 is 2.86 bits per heavy atom. The van der Waals surface area contributed by atoms with Crippen molar-refractivity contribution in [3.8, 4) is 0 Å². The molecule has 1 saturated carbocycles. The van der Waals surface area contributed by atoms with Crippen LogP contribution in [0.4, 0.5) is 5.69 Å². The van der Waals surface area contributed by atoms with Crippen molar-refractivity contribution in [1.29, 1.82) is 0 Å². The number of nitrogens with one attached hydrogen (secondary N) is 1. The smallest absolute Gasteiger partial charge is 0.227 e. The summed E-state index contributed by atoms with van der Waals surface area (Å²) < 4.78 is 1.76. The lowest BCUT2D eigenvalue weighted by Gasteiger charge is -2.27. The Bertz CT molecular complexity index is 562. The van der Waals surface area contributed by atoms with Crippen molar-refractivity contribution < 1.29 is 4.79 Å². The van der Waals surface area contributed by atoms with Gasteiger partial charge >= 0.3 is 0 Å². The third kappa shape index (κ3) is 3.62. The van der Waals surface area contributed by atoms with E-state index >= 15 is 0 Å². The van der Waals surface area contributed by atoms with Gasteiger partial charge in [-0.15, -0.1) is 5.10 Å². The van der Waals surface area contributed by atoms with E-state index in [-0.39, 0.29) is 11.8 Å². The monoisotopic (exact) mass is 286 g/mol. The SMILES string of the molecule is O=C(Nc1cccnc1)C1CCC(Cn2cnnn2)CC1. The average molecular weight is 286 g/mol. The fraction of sp³-hybridized carbons (Fsp3) is 0.500. The van der Waals surface area contributed by atoms with Crippen molar-refractivity contribution in [2.24, 2.45) is 11.8 Å². The van der Waals surface area contributed by atoms with Gasteiger partial charge in [-0.1, -0.05) is 0 Å². The van der Waals surface area contributed by atoms with Gasteiger partial charge in [-0.05, 0) is 54.2 Å². The van der Waals surface area contributed by atoms with Crippen LogP contribution in [0, 0.1) is 11.8 Å². The molecule has 2 aromatic heterocycles. The van der Waals surface area contributed by atoms with Crippen LogP contribution in [0.5, 0.6) is 0 Å². The molecule has 0 atom stereocenters. The van der Waals surface area contributed by atoms with Gasteiger partial charge in [-0.2, -0.15) is 0 Å². The molecule has 21 heavy (non-hydrogen) atoms. The van der Waals surface area contributed by atoms with Gasteiger partial charge in [-0.3, -0.25) is 9.78 Å². The number of rotatable bonds is 4. The van der Waals surface area contributed by atoms with E-state index in [2.05, 4.69) is 25.8 Å². The Hall–Kier alpha value is -2.31. The van der Waals surface area contributed by atoms with Gasteiger partial charge in [0.2, 0.25) is 5.91 Å². The minimum absolute atomic E-state index is 0.0929. The lowest BCUT2D eigenvalue weighted by Crippen LogP contribution is -2.28. The third-order valence-corrected chi connectivity index (χ3v) is 3.98. The first-order chi connectivity index (χ1) is 10.3. The largest absolute Gasteiger partial charge is 0.324 e. The molecule has 1 N–H and O–H groups in total. The zero-order chi connectivity index (χ0) is 14.5. The second kappa shape index (κ2) is 6.43. The van der Waals surface area contributed by atoms with Crippen LogP contribution in [0.3, 0.4) is 0 Å². The highest BCUT2D eigenvalue weighted by Gasteiger charge is 2.26. The molecule has 3 rings (SSSR count). The van der Waals surface area contributed by atoms with Gasteiger partial charge in [0.1, 0.15) is 6.33 Å². The zero-order valence-corrected chi connectivity index (χ0v) is 11.7. The molecule has 1 fully saturated rings. The number of carbonyl (C=O) groups excluding carboxylic acids is 1. The molecule has 1 aliphatic rings. The number of tetrazole rings is 1. The molecule has 1 amide bonds. The topological polar surface area (TPSA) is 85.6 Å². The first kappa shape index (κ1) is 13.7. The Kier molecular flexibility index (Phi) is 4.18. The van der Waals surface area contributed by atoms with E-state index in [0.717, 1.165) is 37.9 Å². The Morgan fingerprint density at radius 2 is 2.19 bits per heavy atom. The van der Waals surface area contributed by atoms with Gasteiger partial charge in [0.25, 0.3) is 0 Å². The van der Waals surface area contributed by atoms with Crippen LogP contribution in [0.25, 0.3) is 0 Å². The van der Waals surface area contributed by atoms with Crippen LogP contribution in [0.15, 0.2) is 30.9 Å². The van der Waals surface area contributed by atoms with Gasteiger partial charge in [0.15, 0.2) is 0 Å². The maximum absolute atomic E-state index is 12.2. The van der Waals surface area contributed by atoms with Crippen molar-refractivity contribution in [1.82, 2.24) is 25.2 Å². The van der Waals surface area contributed by atoms with E-state index in [1.165, 1.54) is 0 Å². The molecule has 7 nitrogen and oxygen atoms in total. The first-order valence-corrected chi connectivity index (χ1v) is 7.23. The van der Waals surface area contributed by atoms with Crippen molar-refractivity contribution in [2.75, 3.05) is 5.32 Å². The number of aromatic nitrogens is 5. The number of nitrogens with zero attached hydrogens (tertiary/aromatic N) is 5. The fourth-order valence-electron chi connectivity index (χ4n) is 2.82. The lowest BCUT2D eigenvalue weighted by molar-refractivity contribution is -0.121. The summed E-state index contributed by atoms with van der Waals surface area (Å²) in [6.07, 6.45) is 8.90. The Morgan fingerprint density at radius 1 is 1.33 bits per heavy atom. The molecule has 7 heteroatoms. The van der Waals surface area contributed by atoms with Crippen molar-refractivity contribution in [3.05, 3.63) is 30.9 Å². The maximum Gasteiger partial charge on any atom is 0.227 e. The van der Waals surface area contributed by atoms with E-state index < -0.39 is 0 Å². The number of amides is 1. The summed E-state index contributed by atoms with van der Waals surface area (Å²) in [5, 5.41) is 14.1. The minimum atomic E-state index is 0.0929. The average Bonchev–Trinajstić information content (AvgIpc) is 3.02. The van der Waals surface area contributed by atoms with Gasteiger partial charge in [0.05, 0.1) is 11.9 Å². The first-order valence-electron chi connectivity index (χ1n) is 7.23. The number of hydrogen-bond donors (Lipinski definition) is 1. The number of carbonyl (C=O) groups is 1. The number of hydrogen-bond acceptors (Lipinski definition) is 5. The van der Waals surface area contributed by atoms with Crippen molar-refractivity contribution in [3.63, 3.8) is 0 Å². The highest BCUT2D eigenvalue weighted by molar-refractivity contribution is 5.92. The number of pyridine rings is 1. The maximum atomic E-state index is 12.2. The molecule has 110 valence electrons. The summed E-state index contributed by atoms with van der Waals surface area (Å²) in [5.74, 6) is 0.746. The molecule has 0 spiro atoms. The molecule has 0 aliphatic heterocycles. The summed E-state index contributed by atoms with van der Waals surface area (Å²) in [4.78, 5) is 16.2. The van der Waals surface area contributed by atoms with Gasteiger partial charge in [0, 0.05) is 18.7 Å². The second-order valence-electron chi connectivity index (χ2n) is 5.48. The molecular formula is C14H18N6O. The summed E-state index contributed by atoms with van der Waals surface area (Å²) in [7, 11) is 0. The van der Waals surface area contributed by atoms with Gasteiger partial charge in [-0.25, -0.2) is 4.68 Å². The van der Waals surface area contributed by atoms with Crippen LogP contribution in [-0.4, -0.2) is 31.1 Å². The Balaban J connectivity index is 1.48. The highest BCUT2D eigenvalue weighted by Crippen LogP contribution is 2.30. The van der Waals surface area contributed by atoms with Crippen LogP contribution in [0.2, 0.25) is 0 Å². The minimum Gasteiger partial charge on any atom is -0.324 e. The zero-order valence-electron chi connectivity index (χ0n) is 11.7. The van der Waals surface area contributed by atoms with E-state index in [1.807, 2.05) is 12.1 Å². The van der Waals surface area contributed by atoms with E-state index in [0.29, 0.717) is 5.92 Å².